The summed E-state index contributed by atoms with van der Waals surface area (Å²) >= 11 is 5.88. The molecule has 0 aromatic heterocycles. The van der Waals surface area contributed by atoms with Gasteiger partial charge in [-0.05, 0) is 18.9 Å². The number of amides is 1. The molecule has 0 unspecified atom stereocenters. The summed E-state index contributed by atoms with van der Waals surface area (Å²) in [6.07, 6.45) is 4.47. The number of nitro groups is 1. The van der Waals surface area contributed by atoms with Gasteiger partial charge in [0.05, 0.1) is 16.5 Å². The average molecular weight is 299 g/mol. The van der Waals surface area contributed by atoms with E-state index in [1.165, 1.54) is 18.2 Å². The molecule has 0 spiro atoms. The molecule has 7 heteroatoms. The Labute approximate surface area is 121 Å². The first-order valence-corrected chi connectivity index (χ1v) is 6.85. The number of carbonyl (C=O) groups excluding carboxylic acids is 1. The minimum absolute atomic E-state index is 0.0473. The predicted octanol–water partition coefficient (Wildman–Crippen LogP) is 3.41. The third-order valence-electron chi connectivity index (χ3n) is 3.53. The zero-order chi connectivity index (χ0) is 14.7. The molecular weight excluding hydrogens is 284 g/mol. The van der Waals surface area contributed by atoms with E-state index >= 15 is 0 Å². The van der Waals surface area contributed by atoms with Gasteiger partial charge in [0.25, 0.3) is 11.6 Å². The van der Waals surface area contributed by atoms with E-state index in [0.29, 0.717) is 5.06 Å². The molecule has 2 rings (SSSR count). The number of rotatable bonds is 3. The number of nitro benzene ring substituents is 1. The van der Waals surface area contributed by atoms with Crippen LogP contribution in [0.1, 0.15) is 42.5 Å². The highest BCUT2D eigenvalue weighted by Gasteiger charge is 2.28. The summed E-state index contributed by atoms with van der Waals surface area (Å²) in [4.78, 5) is 22.4. The molecular formula is C13H15ClN2O4. The number of hydrogen-bond donors (Lipinski definition) is 1. The molecule has 1 amide bonds. The van der Waals surface area contributed by atoms with Crippen molar-refractivity contribution in [2.75, 3.05) is 0 Å². The Balaban J connectivity index is 2.24. The van der Waals surface area contributed by atoms with Crippen molar-refractivity contribution >= 4 is 23.2 Å². The molecule has 1 fully saturated rings. The van der Waals surface area contributed by atoms with Gasteiger partial charge in [-0.3, -0.25) is 20.1 Å². The lowest BCUT2D eigenvalue weighted by atomic mass is 9.95. The summed E-state index contributed by atoms with van der Waals surface area (Å²) in [7, 11) is 0. The molecule has 6 nitrogen and oxygen atoms in total. The van der Waals surface area contributed by atoms with Gasteiger partial charge in [0.15, 0.2) is 0 Å². The maximum Gasteiger partial charge on any atom is 0.288 e. The number of benzene rings is 1. The van der Waals surface area contributed by atoms with Gasteiger partial charge in [0.1, 0.15) is 5.02 Å². The second kappa shape index (κ2) is 6.19. The molecule has 1 aliphatic carbocycles. The second-order valence-corrected chi connectivity index (χ2v) is 5.22. The summed E-state index contributed by atoms with van der Waals surface area (Å²) < 4.78 is 0. The van der Waals surface area contributed by atoms with Crippen molar-refractivity contribution in [1.82, 2.24) is 5.06 Å². The summed E-state index contributed by atoms with van der Waals surface area (Å²) in [5.41, 5.74) is -0.386. The fourth-order valence-corrected chi connectivity index (χ4v) is 2.72. The Morgan fingerprint density at radius 3 is 2.60 bits per heavy atom. The van der Waals surface area contributed by atoms with Crippen LogP contribution in [-0.4, -0.2) is 27.1 Å². The SMILES string of the molecule is O=C(c1cccc([N+](=O)[O-])c1Cl)N(O)C1CCCCC1. The van der Waals surface area contributed by atoms with Gasteiger partial charge >= 0.3 is 0 Å². The molecule has 1 saturated carbocycles. The number of nitrogens with zero attached hydrogens (tertiary/aromatic N) is 2. The minimum atomic E-state index is -0.689. The van der Waals surface area contributed by atoms with E-state index in [4.69, 9.17) is 11.6 Å². The van der Waals surface area contributed by atoms with Crippen LogP contribution in [0.3, 0.4) is 0 Å². The van der Waals surface area contributed by atoms with Crippen LogP contribution in [0, 0.1) is 10.1 Å². The fourth-order valence-electron chi connectivity index (χ4n) is 2.44. The molecule has 1 aromatic carbocycles. The first-order chi connectivity index (χ1) is 9.52. The Bertz CT molecular complexity index is 529. The van der Waals surface area contributed by atoms with Gasteiger partial charge in [-0.15, -0.1) is 0 Å². The largest absolute Gasteiger partial charge is 0.288 e. The first kappa shape index (κ1) is 14.7. The van der Waals surface area contributed by atoms with Crippen LogP contribution < -0.4 is 0 Å². The second-order valence-electron chi connectivity index (χ2n) is 4.84. The van der Waals surface area contributed by atoms with E-state index in [-0.39, 0.29) is 22.3 Å². The Hall–Kier alpha value is -1.66. The first-order valence-electron chi connectivity index (χ1n) is 6.47. The number of carbonyl (C=O) groups is 1. The van der Waals surface area contributed by atoms with Crippen molar-refractivity contribution in [3.8, 4) is 0 Å². The quantitative estimate of drug-likeness (QED) is 0.526. The van der Waals surface area contributed by atoms with Crippen LogP contribution in [-0.2, 0) is 0 Å². The molecule has 20 heavy (non-hydrogen) atoms. The third kappa shape index (κ3) is 2.91. The molecule has 108 valence electrons. The summed E-state index contributed by atoms with van der Waals surface area (Å²) in [6.45, 7) is 0. The zero-order valence-corrected chi connectivity index (χ0v) is 11.5. The van der Waals surface area contributed by atoms with Crippen molar-refractivity contribution in [1.29, 1.82) is 0 Å². The summed E-state index contributed by atoms with van der Waals surface area (Å²) in [5, 5.41) is 21.2. The molecule has 0 bridgehead atoms. The standard InChI is InChI=1S/C13H15ClN2O4/c14-12-10(7-4-8-11(12)16(19)20)13(17)15(18)9-5-2-1-3-6-9/h4,7-9,18H,1-3,5-6H2. The van der Waals surface area contributed by atoms with Crippen molar-refractivity contribution in [3.63, 3.8) is 0 Å². The van der Waals surface area contributed by atoms with E-state index in [1.807, 2.05) is 0 Å². The molecule has 1 aliphatic rings. The van der Waals surface area contributed by atoms with Crippen LogP contribution in [0.25, 0.3) is 0 Å². The van der Waals surface area contributed by atoms with Crippen LogP contribution in [0.4, 0.5) is 5.69 Å². The molecule has 0 atom stereocenters. The van der Waals surface area contributed by atoms with Crippen molar-refractivity contribution in [2.45, 2.75) is 38.1 Å². The van der Waals surface area contributed by atoms with Gasteiger partial charge in [-0.1, -0.05) is 36.9 Å². The van der Waals surface area contributed by atoms with Crippen LogP contribution >= 0.6 is 11.6 Å². The number of hydroxylamine groups is 2. The lowest BCUT2D eigenvalue weighted by Gasteiger charge is -2.29. The smallest absolute Gasteiger partial charge is 0.285 e. The monoisotopic (exact) mass is 298 g/mol. The maximum atomic E-state index is 12.2. The highest BCUT2D eigenvalue weighted by Crippen LogP contribution is 2.30. The van der Waals surface area contributed by atoms with E-state index in [2.05, 4.69) is 0 Å². The third-order valence-corrected chi connectivity index (χ3v) is 3.93. The van der Waals surface area contributed by atoms with Gasteiger partial charge < -0.3 is 0 Å². The van der Waals surface area contributed by atoms with Crippen molar-refractivity contribution in [3.05, 3.63) is 38.9 Å². The molecule has 0 radical (unpaired) electrons. The molecule has 0 aliphatic heterocycles. The highest BCUT2D eigenvalue weighted by molar-refractivity contribution is 6.35. The van der Waals surface area contributed by atoms with E-state index in [9.17, 15) is 20.1 Å². The topological polar surface area (TPSA) is 83.7 Å². The van der Waals surface area contributed by atoms with Gasteiger partial charge in [0.2, 0.25) is 0 Å². The molecule has 0 heterocycles. The van der Waals surface area contributed by atoms with E-state index < -0.39 is 10.8 Å². The average Bonchev–Trinajstić information content (AvgIpc) is 2.46. The molecule has 1 aromatic rings. The van der Waals surface area contributed by atoms with Crippen molar-refractivity contribution < 1.29 is 14.9 Å². The molecule has 0 saturated heterocycles. The Morgan fingerprint density at radius 1 is 1.35 bits per heavy atom. The van der Waals surface area contributed by atoms with Crippen LogP contribution in [0.15, 0.2) is 18.2 Å². The predicted molar refractivity (Wildman–Crippen MR) is 72.9 cm³/mol. The van der Waals surface area contributed by atoms with Crippen LogP contribution in [0.2, 0.25) is 5.02 Å². The highest BCUT2D eigenvalue weighted by atomic mass is 35.5. The number of hydrogen-bond acceptors (Lipinski definition) is 4. The summed E-state index contributed by atoms with van der Waals surface area (Å²) in [5.74, 6) is -0.689. The normalized spacial score (nSPS) is 15.9. The Morgan fingerprint density at radius 2 is 2.00 bits per heavy atom. The van der Waals surface area contributed by atoms with Gasteiger partial charge in [0, 0.05) is 6.07 Å². The molecule has 1 N–H and O–H groups in total. The summed E-state index contributed by atoms with van der Waals surface area (Å²) in [6, 6.07) is 3.74. The fraction of sp³-hybridized carbons (Fsp3) is 0.462. The van der Waals surface area contributed by atoms with Gasteiger partial charge in [-0.2, -0.15) is 0 Å². The van der Waals surface area contributed by atoms with Crippen molar-refractivity contribution in [2.24, 2.45) is 0 Å². The minimum Gasteiger partial charge on any atom is -0.285 e. The van der Waals surface area contributed by atoms with E-state index in [1.54, 1.807) is 0 Å². The van der Waals surface area contributed by atoms with Crippen LogP contribution in [0.5, 0.6) is 0 Å². The zero-order valence-electron chi connectivity index (χ0n) is 10.8. The van der Waals surface area contributed by atoms with E-state index in [0.717, 1.165) is 32.1 Å². The Kier molecular flexibility index (Phi) is 4.57. The number of halogens is 1. The lowest BCUT2D eigenvalue weighted by Crippen LogP contribution is -2.39. The maximum absolute atomic E-state index is 12.2. The van der Waals surface area contributed by atoms with Gasteiger partial charge in [-0.25, -0.2) is 5.06 Å². The lowest BCUT2D eigenvalue weighted by molar-refractivity contribution is -0.384.